The van der Waals surface area contributed by atoms with Crippen molar-refractivity contribution in [3.8, 4) is 0 Å². The van der Waals surface area contributed by atoms with E-state index < -0.39 is 12.0 Å². The molecule has 0 amide bonds. The number of benzene rings is 1. The maximum absolute atomic E-state index is 14.0. The summed E-state index contributed by atoms with van der Waals surface area (Å²) >= 11 is 0. The van der Waals surface area contributed by atoms with Crippen molar-refractivity contribution in [1.82, 2.24) is 9.80 Å². The van der Waals surface area contributed by atoms with Crippen molar-refractivity contribution >= 4 is 0 Å². The monoisotopic (exact) mass is 364 g/mol. The SMILES string of the molecule is O[C@@H]1[C@@H](N2CCN(Cc3ccccc3)C(C3CCC3)C2)CCCC1(F)F. The van der Waals surface area contributed by atoms with Gasteiger partial charge in [-0.05, 0) is 37.2 Å². The second kappa shape index (κ2) is 7.53. The first kappa shape index (κ1) is 18.3. The van der Waals surface area contributed by atoms with Gasteiger partial charge in [0.15, 0.2) is 0 Å². The minimum atomic E-state index is -2.93. The maximum atomic E-state index is 14.0. The Morgan fingerprint density at radius 1 is 1.00 bits per heavy atom. The van der Waals surface area contributed by atoms with Crippen LogP contribution in [0.2, 0.25) is 0 Å². The first-order chi connectivity index (χ1) is 12.5. The van der Waals surface area contributed by atoms with E-state index in [0.717, 1.165) is 26.2 Å². The Bertz CT molecular complexity index is 593. The molecule has 3 nitrogen and oxygen atoms in total. The molecule has 144 valence electrons. The number of halogens is 2. The molecular formula is C21H30F2N2O. The van der Waals surface area contributed by atoms with Crippen LogP contribution in [0.4, 0.5) is 8.78 Å². The Labute approximate surface area is 155 Å². The summed E-state index contributed by atoms with van der Waals surface area (Å²) in [6.45, 7) is 3.41. The maximum Gasteiger partial charge on any atom is 0.275 e. The zero-order valence-corrected chi connectivity index (χ0v) is 15.4. The van der Waals surface area contributed by atoms with Gasteiger partial charge in [0.2, 0.25) is 0 Å². The van der Waals surface area contributed by atoms with Gasteiger partial charge in [0.25, 0.3) is 5.92 Å². The van der Waals surface area contributed by atoms with Gasteiger partial charge in [0, 0.05) is 44.7 Å². The van der Waals surface area contributed by atoms with Crippen molar-refractivity contribution in [2.75, 3.05) is 19.6 Å². The molecule has 3 aliphatic rings. The van der Waals surface area contributed by atoms with Crippen LogP contribution in [0.5, 0.6) is 0 Å². The molecule has 3 atom stereocenters. The van der Waals surface area contributed by atoms with Gasteiger partial charge in [-0.3, -0.25) is 9.80 Å². The smallest absolute Gasteiger partial charge is 0.275 e. The van der Waals surface area contributed by atoms with E-state index in [1.807, 2.05) is 6.07 Å². The second-order valence-electron chi connectivity index (χ2n) is 8.37. The Morgan fingerprint density at radius 3 is 2.46 bits per heavy atom. The van der Waals surface area contributed by atoms with Crippen LogP contribution in [0.25, 0.3) is 0 Å². The van der Waals surface area contributed by atoms with E-state index in [0.29, 0.717) is 24.8 Å². The first-order valence-corrected chi connectivity index (χ1v) is 10.1. The van der Waals surface area contributed by atoms with E-state index in [-0.39, 0.29) is 12.5 Å². The molecule has 0 spiro atoms. The van der Waals surface area contributed by atoms with Crippen LogP contribution in [-0.4, -0.2) is 58.7 Å². The molecule has 1 unspecified atom stereocenters. The molecule has 2 aliphatic carbocycles. The lowest BCUT2D eigenvalue weighted by Crippen LogP contribution is -2.63. The molecule has 1 saturated heterocycles. The van der Waals surface area contributed by atoms with E-state index in [2.05, 4.69) is 34.1 Å². The summed E-state index contributed by atoms with van der Waals surface area (Å²) in [4.78, 5) is 4.71. The van der Waals surface area contributed by atoms with E-state index in [4.69, 9.17) is 0 Å². The summed E-state index contributed by atoms with van der Waals surface area (Å²) in [7, 11) is 0. The molecule has 4 rings (SSSR count). The van der Waals surface area contributed by atoms with Crippen LogP contribution in [0.15, 0.2) is 30.3 Å². The quantitative estimate of drug-likeness (QED) is 0.886. The Balaban J connectivity index is 1.46. The van der Waals surface area contributed by atoms with E-state index in [1.165, 1.54) is 24.8 Å². The number of piperazine rings is 1. The number of aliphatic hydroxyl groups excluding tert-OH is 1. The standard InChI is InChI=1S/C21H30F2N2O/c22-21(23)11-5-10-18(20(21)26)25-13-12-24(14-16-6-2-1-3-7-16)19(15-25)17-8-4-9-17/h1-3,6-7,17-20,26H,4-5,8-15H2/t18-,19?,20+/m0/s1. The minimum Gasteiger partial charge on any atom is -0.385 e. The normalized spacial score (nSPS) is 33.7. The van der Waals surface area contributed by atoms with Crippen molar-refractivity contribution in [3.05, 3.63) is 35.9 Å². The Kier molecular flexibility index (Phi) is 5.31. The molecule has 0 aromatic heterocycles. The van der Waals surface area contributed by atoms with Gasteiger partial charge < -0.3 is 5.11 Å². The largest absolute Gasteiger partial charge is 0.385 e. The number of aliphatic hydroxyl groups is 1. The highest BCUT2D eigenvalue weighted by Crippen LogP contribution is 2.39. The fourth-order valence-corrected chi connectivity index (χ4v) is 4.97. The predicted octanol–water partition coefficient (Wildman–Crippen LogP) is 3.52. The highest BCUT2D eigenvalue weighted by molar-refractivity contribution is 5.15. The lowest BCUT2D eigenvalue weighted by atomic mass is 9.77. The van der Waals surface area contributed by atoms with Crippen LogP contribution in [0.3, 0.4) is 0 Å². The van der Waals surface area contributed by atoms with Crippen LogP contribution in [-0.2, 0) is 6.54 Å². The molecular weight excluding hydrogens is 334 g/mol. The third-order valence-corrected chi connectivity index (χ3v) is 6.76. The molecule has 1 aromatic rings. The average molecular weight is 364 g/mol. The number of alkyl halides is 2. The third-order valence-electron chi connectivity index (χ3n) is 6.76. The summed E-state index contributed by atoms with van der Waals surface area (Å²) in [6, 6.07) is 10.5. The zero-order chi connectivity index (χ0) is 18.1. The zero-order valence-electron chi connectivity index (χ0n) is 15.4. The van der Waals surface area contributed by atoms with Crippen molar-refractivity contribution in [2.45, 2.75) is 69.2 Å². The first-order valence-electron chi connectivity index (χ1n) is 10.1. The second-order valence-corrected chi connectivity index (χ2v) is 8.37. The highest BCUT2D eigenvalue weighted by Gasteiger charge is 2.49. The fourth-order valence-electron chi connectivity index (χ4n) is 4.97. The van der Waals surface area contributed by atoms with Crippen LogP contribution in [0.1, 0.15) is 44.1 Å². The number of nitrogens with zero attached hydrogens (tertiary/aromatic N) is 2. The van der Waals surface area contributed by atoms with E-state index in [1.54, 1.807) is 0 Å². The van der Waals surface area contributed by atoms with Gasteiger partial charge in [0.05, 0.1) is 0 Å². The van der Waals surface area contributed by atoms with Gasteiger partial charge in [-0.2, -0.15) is 0 Å². The molecule has 2 saturated carbocycles. The molecule has 1 heterocycles. The summed E-state index contributed by atoms with van der Waals surface area (Å²) in [6.07, 6.45) is 3.27. The highest BCUT2D eigenvalue weighted by atomic mass is 19.3. The third kappa shape index (κ3) is 3.67. The minimum absolute atomic E-state index is 0.176. The van der Waals surface area contributed by atoms with Gasteiger partial charge in [-0.25, -0.2) is 8.78 Å². The summed E-state index contributed by atoms with van der Waals surface area (Å²) in [5, 5.41) is 10.2. The molecule has 0 bridgehead atoms. The van der Waals surface area contributed by atoms with Crippen molar-refractivity contribution in [3.63, 3.8) is 0 Å². The van der Waals surface area contributed by atoms with Gasteiger partial charge in [0.1, 0.15) is 6.10 Å². The van der Waals surface area contributed by atoms with Crippen molar-refractivity contribution < 1.29 is 13.9 Å². The summed E-state index contributed by atoms with van der Waals surface area (Å²) in [5.74, 6) is -2.27. The molecule has 1 aliphatic heterocycles. The molecule has 26 heavy (non-hydrogen) atoms. The fraction of sp³-hybridized carbons (Fsp3) is 0.714. The molecule has 5 heteroatoms. The Morgan fingerprint density at radius 2 is 1.77 bits per heavy atom. The lowest BCUT2D eigenvalue weighted by Gasteiger charge is -2.51. The molecule has 0 radical (unpaired) electrons. The van der Waals surface area contributed by atoms with Crippen LogP contribution in [0, 0.1) is 5.92 Å². The Hall–Kier alpha value is -1.04. The lowest BCUT2D eigenvalue weighted by molar-refractivity contribution is -0.169. The van der Waals surface area contributed by atoms with Crippen molar-refractivity contribution in [1.29, 1.82) is 0 Å². The summed E-state index contributed by atoms with van der Waals surface area (Å²) in [5.41, 5.74) is 1.31. The number of hydrogen-bond donors (Lipinski definition) is 1. The van der Waals surface area contributed by atoms with Crippen molar-refractivity contribution in [2.24, 2.45) is 5.92 Å². The molecule has 1 N–H and O–H groups in total. The number of rotatable bonds is 4. The van der Waals surface area contributed by atoms with Gasteiger partial charge in [-0.1, -0.05) is 36.8 Å². The van der Waals surface area contributed by atoms with E-state index in [9.17, 15) is 13.9 Å². The molecule has 3 fully saturated rings. The van der Waals surface area contributed by atoms with Crippen LogP contribution >= 0.6 is 0 Å². The average Bonchev–Trinajstić information content (AvgIpc) is 2.58. The van der Waals surface area contributed by atoms with Crippen LogP contribution < -0.4 is 0 Å². The summed E-state index contributed by atoms with van der Waals surface area (Å²) < 4.78 is 28.0. The van der Waals surface area contributed by atoms with Gasteiger partial charge >= 0.3 is 0 Å². The van der Waals surface area contributed by atoms with E-state index >= 15 is 0 Å². The molecule has 1 aromatic carbocycles. The predicted molar refractivity (Wildman–Crippen MR) is 98.1 cm³/mol. The number of hydrogen-bond acceptors (Lipinski definition) is 3. The topological polar surface area (TPSA) is 26.7 Å². The van der Waals surface area contributed by atoms with Gasteiger partial charge in [-0.15, -0.1) is 0 Å².